The summed E-state index contributed by atoms with van der Waals surface area (Å²) in [5, 5.41) is 11.2. The third kappa shape index (κ3) is 2.59. The number of rotatable bonds is 4. The molecule has 1 aliphatic heterocycles. The van der Waals surface area contributed by atoms with E-state index in [9.17, 15) is 0 Å². The van der Waals surface area contributed by atoms with E-state index in [1.807, 2.05) is 25.0 Å². The molecule has 0 spiro atoms. The van der Waals surface area contributed by atoms with Gasteiger partial charge in [0.25, 0.3) is 0 Å². The zero-order valence-electron chi connectivity index (χ0n) is 10.0. The third-order valence-electron chi connectivity index (χ3n) is 3.23. The lowest BCUT2D eigenvalue weighted by atomic mass is 10.0. The number of nitrogens with one attached hydrogen (secondary N) is 1. The minimum Gasteiger partial charge on any atom is -0.378 e. The zero-order chi connectivity index (χ0) is 11.4. The highest BCUT2D eigenvalue weighted by Gasteiger charge is 2.21. The first-order valence-corrected chi connectivity index (χ1v) is 5.94. The predicted molar refractivity (Wildman–Crippen MR) is 61.0 cm³/mol. The molecule has 90 valence electrons. The predicted octanol–water partition coefficient (Wildman–Crippen LogP) is 1.03. The number of aryl methyl sites for hydroxylation is 1. The quantitative estimate of drug-likeness (QED) is 0.830. The number of hydrogen-bond donors (Lipinski definition) is 1. The maximum Gasteiger partial charge on any atom is 0.0754 e. The van der Waals surface area contributed by atoms with Crippen LogP contribution in [0.1, 0.15) is 37.4 Å². The molecule has 5 nitrogen and oxygen atoms in total. The largest absolute Gasteiger partial charge is 0.378 e. The van der Waals surface area contributed by atoms with Gasteiger partial charge < -0.3 is 10.1 Å². The van der Waals surface area contributed by atoms with Gasteiger partial charge >= 0.3 is 0 Å². The van der Waals surface area contributed by atoms with Gasteiger partial charge in [0.05, 0.1) is 24.0 Å². The molecule has 0 aliphatic carbocycles. The molecular formula is C11H20N4O. The van der Waals surface area contributed by atoms with Gasteiger partial charge in [0.15, 0.2) is 0 Å². The highest BCUT2D eigenvalue weighted by Crippen LogP contribution is 2.23. The Kier molecular flexibility index (Phi) is 3.90. The van der Waals surface area contributed by atoms with Gasteiger partial charge in [0.2, 0.25) is 0 Å². The van der Waals surface area contributed by atoms with E-state index in [0.717, 1.165) is 18.7 Å². The Labute approximate surface area is 96.2 Å². The number of aromatic nitrogens is 3. The summed E-state index contributed by atoms with van der Waals surface area (Å²) in [4.78, 5) is 0. The smallest absolute Gasteiger partial charge is 0.0754 e. The van der Waals surface area contributed by atoms with Gasteiger partial charge in [-0.1, -0.05) is 5.21 Å². The maximum atomic E-state index is 5.76. The Morgan fingerprint density at radius 2 is 2.50 bits per heavy atom. The van der Waals surface area contributed by atoms with Crippen molar-refractivity contribution in [3.05, 3.63) is 11.9 Å². The van der Waals surface area contributed by atoms with E-state index in [-0.39, 0.29) is 6.04 Å². The lowest BCUT2D eigenvalue weighted by Gasteiger charge is -2.26. The van der Waals surface area contributed by atoms with Crippen LogP contribution in [-0.4, -0.2) is 34.8 Å². The van der Waals surface area contributed by atoms with Crippen LogP contribution in [0.5, 0.6) is 0 Å². The molecule has 1 saturated heterocycles. The standard InChI is InChI=1S/C11H20N4O/c1-12-10(11-8-13-14-15(11)2)7-9-5-3-4-6-16-9/h8-10,12H,3-7H2,1-2H3. The summed E-state index contributed by atoms with van der Waals surface area (Å²) in [5.41, 5.74) is 1.12. The number of nitrogens with zero attached hydrogens (tertiary/aromatic N) is 3. The summed E-state index contributed by atoms with van der Waals surface area (Å²) in [5.74, 6) is 0. The second kappa shape index (κ2) is 5.41. The van der Waals surface area contributed by atoms with Gasteiger partial charge in [0, 0.05) is 13.7 Å². The normalized spacial score (nSPS) is 23.2. The van der Waals surface area contributed by atoms with Crippen LogP contribution in [0.3, 0.4) is 0 Å². The van der Waals surface area contributed by atoms with Crippen LogP contribution in [0.4, 0.5) is 0 Å². The molecule has 5 heteroatoms. The van der Waals surface area contributed by atoms with Crippen LogP contribution in [-0.2, 0) is 11.8 Å². The van der Waals surface area contributed by atoms with E-state index in [4.69, 9.17) is 4.74 Å². The molecule has 0 amide bonds. The van der Waals surface area contributed by atoms with Crippen molar-refractivity contribution in [2.45, 2.75) is 37.8 Å². The molecule has 1 aromatic rings. The highest BCUT2D eigenvalue weighted by molar-refractivity contribution is 5.02. The molecule has 2 rings (SSSR count). The molecule has 0 radical (unpaired) electrons. The van der Waals surface area contributed by atoms with Crippen LogP contribution in [0.2, 0.25) is 0 Å². The molecular weight excluding hydrogens is 204 g/mol. The fourth-order valence-electron chi connectivity index (χ4n) is 2.26. The summed E-state index contributed by atoms with van der Waals surface area (Å²) in [6, 6.07) is 0.281. The lowest BCUT2D eigenvalue weighted by molar-refractivity contribution is 0.00503. The van der Waals surface area contributed by atoms with Gasteiger partial charge in [-0.3, -0.25) is 4.68 Å². The van der Waals surface area contributed by atoms with Crippen LogP contribution in [0.15, 0.2) is 6.20 Å². The van der Waals surface area contributed by atoms with Crippen molar-refractivity contribution in [3.63, 3.8) is 0 Å². The Morgan fingerprint density at radius 1 is 1.62 bits per heavy atom. The molecule has 1 aromatic heterocycles. The van der Waals surface area contributed by atoms with Crippen molar-refractivity contribution >= 4 is 0 Å². The molecule has 2 unspecified atom stereocenters. The number of hydrogen-bond acceptors (Lipinski definition) is 4. The summed E-state index contributed by atoms with van der Waals surface area (Å²) in [7, 11) is 3.90. The SMILES string of the molecule is CNC(CC1CCCCO1)c1cnnn1C. The van der Waals surface area contributed by atoms with E-state index < -0.39 is 0 Å². The van der Waals surface area contributed by atoms with Crippen molar-refractivity contribution in [2.75, 3.05) is 13.7 Å². The molecule has 0 bridgehead atoms. The summed E-state index contributed by atoms with van der Waals surface area (Å²) in [6.07, 6.45) is 6.85. The molecule has 2 atom stereocenters. The zero-order valence-corrected chi connectivity index (χ0v) is 10.0. The minimum absolute atomic E-state index is 0.281. The van der Waals surface area contributed by atoms with Crippen molar-refractivity contribution < 1.29 is 4.74 Å². The summed E-state index contributed by atoms with van der Waals surface area (Å²) in [6.45, 7) is 0.907. The molecule has 0 aromatic carbocycles. The first-order valence-electron chi connectivity index (χ1n) is 5.94. The third-order valence-corrected chi connectivity index (χ3v) is 3.23. The topological polar surface area (TPSA) is 52.0 Å². The maximum absolute atomic E-state index is 5.76. The highest BCUT2D eigenvalue weighted by atomic mass is 16.5. The molecule has 1 fully saturated rings. The van der Waals surface area contributed by atoms with Crippen LogP contribution < -0.4 is 5.32 Å². The van der Waals surface area contributed by atoms with Gasteiger partial charge in [-0.2, -0.15) is 0 Å². The Hall–Kier alpha value is -0.940. The first-order chi connectivity index (χ1) is 7.81. The van der Waals surface area contributed by atoms with Crippen LogP contribution in [0, 0.1) is 0 Å². The van der Waals surface area contributed by atoms with Crippen molar-refractivity contribution in [2.24, 2.45) is 7.05 Å². The Bertz CT molecular complexity index is 320. The van der Waals surface area contributed by atoms with Crippen LogP contribution in [0.25, 0.3) is 0 Å². The average molecular weight is 224 g/mol. The fourth-order valence-corrected chi connectivity index (χ4v) is 2.26. The second-order valence-corrected chi connectivity index (χ2v) is 4.35. The fraction of sp³-hybridized carbons (Fsp3) is 0.818. The summed E-state index contributed by atoms with van der Waals surface area (Å²) >= 11 is 0. The first kappa shape index (κ1) is 11.5. The number of ether oxygens (including phenoxy) is 1. The van der Waals surface area contributed by atoms with E-state index in [1.165, 1.54) is 19.3 Å². The monoisotopic (exact) mass is 224 g/mol. The molecule has 16 heavy (non-hydrogen) atoms. The van der Waals surface area contributed by atoms with Crippen molar-refractivity contribution in [1.29, 1.82) is 0 Å². The lowest BCUT2D eigenvalue weighted by Crippen LogP contribution is -2.28. The van der Waals surface area contributed by atoms with E-state index in [2.05, 4.69) is 15.6 Å². The van der Waals surface area contributed by atoms with E-state index in [0.29, 0.717) is 6.10 Å². The Morgan fingerprint density at radius 3 is 3.06 bits per heavy atom. The van der Waals surface area contributed by atoms with Crippen molar-refractivity contribution in [1.82, 2.24) is 20.3 Å². The molecule has 1 N–H and O–H groups in total. The van der Waals surface area contributed by atoms with Crippen LogP contribution >= 0.6 is 0 Å². The van der Waals surface area contributed by atoms with Gasteiger partial charge in [0.1, 0.15) is 0 Å². The Balaban J connectivity index is 1.97. The van der Waals surface area contributed by atoms with Gasteiger partial charge in [-0.15, -0.1) is 5.10 Å². The van der Waals surface area contributed by atoms with E-state index >= 15 is 0 Å². The van der Waals surface area contributed by atoms with E-state index in [1.54, 1.807) is 0 Å². The summed E-state index contributed by atoms with van der Waals surface area (Å²) < 4.78 is 7.58. The molecule has 0 saturated carbocycles. The second-order valence-electron chi connectivity index (χ2n) is 4.35. The van der Waals surface area contributed by atoms with Gasteiger partial charge in [-0.25, -0.2) is 0 Å². The van der Waals surface area contributed by atoms with Gasteiger partial charge in [-0.05, 0) is 32.7 Å². The average Bonchev–Trinajstić information content (AvgIpc) is 2.74. The minimum atomic E-state index is 0.281. The molecule has 1 aliphatic rings. The van der Waals surface area contributed by atoms with Crippen molar-refractivity contribution in [3.8, 4) is 0 Å². The molecule has 2 heterocycles.